The fraction of sp³-hybridized carbons (Fsp3) is 0.700. The lowest BCUT2D eigenvalue weighted by atomic mass is 10.0. The molecule has 1 aliphatic carbocycles. The monoisotopic (exact) mass is 193 g/mol. The van der Waals surface area contributed by atoms with Crippen LogP contribution in [-0.4, -0.2) is 12.3 Å². The van der Waals surface area contributed by atoms with Gasteiger partial charge in [0.05, 0.1) is 0 Å². The van der Waals surface area contributed by atoms with Crippen molar-refractivity contribution in [2.24, 2.45) is 5.11 Å². The average molecular weight is 193 g/mol. The Morgan fingerprint density at radius 3 is 2.79 bits per heavy atom. The number of carbonyl (C=O) groups excluding carboxylic acids is 1. The van der Waals surface area contributed by atoms with E-state index in [-0.39, 0.29) is 0 Å². The van der Waals surface area contributed by atoms with Crippen molar-refractivity contribution in [2.45, 2.75) is 39.0 Å². The molecule has 0 aromatic heterocycles. The molecule has 0 saturated heterocycles. The van der Waals surface area contributed by atoms with Gasteiger partial charge in [-0.05, 0) is 43.7 Å². The number of Topliss-reactive ketones (excluding diaryl/α,β-unsaturated/α-hetero) is 1. The van der Waals surface area contributed by atoms with Crippen LogP contribution in [-0.2, 0) is 4.79 Å². The number of rotatable bonds is 5. The van der Waals surface area contributed by atoms with E-state index in [1.807, 2.05) is 6.92 Å². The number of ketones is 1. The molecule has 14 heavy (non-hydrogen) atoms. The van der Waals surface area contributed by atoms with E-state index in [2.05, 4.69) is 10.0 Å². The van der Waals surface area contributed by atoms with Crippen molar-refractivity contribution in [3.63, 3.8) is 0 Å². The maximum atomic E-state index is 11.4. The second kappa shape index (κ2) is 5.45. The van der Waals surface area contributed by atoms with Crippen LogP contribution in [0.5, 0.6) is 0 Å². The third-order valence-corrected chi connectivity index (χ3v) is 2.58. The molecule has 0 saturated carbocycles. The third-order valence-electron chi connectivity index (χ3n) is 2.58. The standard InChI is InChI=1S/C10H15N3O/c1-8-5-6-10(14)9(8)4-2-3-7-12-13-11/h2-7H2,1H3. The summed E-state index contributed by atoms with van der Waals surface area (Å²) in [6, 6.07) is 0. The lowest BCUT2D eigenvalue weighted by molar-refractivity contribution is -0.115. The molecule has 4 heteroatoms. The Labute approximate surface area is 83.6 Å². The van der Waals surface area contributed by atoms with Crippen LogP contribution < -0.4 is 0 Å². The first kappa shape index (κ1) is 10.8. The zero-order valence-electron chi connectivity index (χ0n) is 8.49. The van der Waals surface area contributed by atoms with Gasteiger partial charge < -0.3 is 0 Å². The van der Waals surface area contributed by atoms with E-state index in [9.17, 15) is 4.79 Å². The zero-order valence-corrected chi connectivity index (χ0v) is 8.49. The van der Waals surface area contributed by atoms with Crippen LogP contribution in [0.4, 0.5) is 0 Å². The number of unbranched alkanes of at least 4 members (excludes halogenated alkanes) is 1. The summed E-state index contributed by atoms with van der Waals surface area (Å²) in [5.74, 6) is 0.311. The van der Waals surface area contributed by atoms with E-state index in [0.717, 1.165) is 31.3 Å². The summed E-state index contributed by atoms with van der Waals surface area (Å²) in [4.78, 5) is 14.0. The molecule has 0 unspecified atom stereocenters. The SMILES string of the molecule is CC1=C(CCCCN=[N+]=[N-])C(=O)CC1. The van der Waals surface area contributed by atoms with E-state index in [0.29, 0.717) is 18.7 Å². The molecule has 76 valence electrons. The second-order valence-corrected chi connectivity index (χ2v) is 3.59. The molecule has 0 amide bonds. The summed E-state index contributed by atoms with van der Waals surface area (Å²) in [6.07, 6.45) is 4.29. The van der Waals surface area contributed by atoms with Gasteiger partial charge in [-0.1, -0.05) is 10.7 Å². The van der Waals surface area contributed by atoms with Crippen LogP contribution in [0.25, 0.3) is 10.4 Å². The molecule has 4 nitrogen and oxygen atoms in total. The van der Waals surface area contributed by atoms with Crippen LogP contribution in [0.1, 0.15) is 39.0 Å². The molecule has 0 fully saturated rings. The fourth-order valence-corrected chi connectivity index (χ4v) is 1.72. The van der Waals surface area contributed by atoms with Gasteiger partial charge in [0.2, 0.25) is 0 Å². The average Bonchev–Trinajstić information content (AvgIpc) is 2.48. The molecule has 1 rings (SSSR count). The van der Waals surface area contributed by atoms with Crippen LogP contribution in [0.2, 0.25) is 0 Å². The lowest BCUT2D eigenvalue weighted by Crippen LogP contribution is -1.96. The zero-order chi connectivity index (χ0) is 10.4. The van der Waals surface area contributed by atoms with E-state index in [4.69, 9.17) is 5.53 Å². The Kier molecular flexibility index (Phi) is 4.20. The van der Waals surface area contributed by atoms with Gasteiger partial charge in [0, 0.05) is 17.9 Å². The first-order valence-corrected chi connectivity index (χ1v) is 4.98. The van der Waals surface area contributed by atoms with E-state index in [1.165, 1.54) is 5.57 Å². The van der Waals surface area contributed by atoms with Gasteiger partial charge in [0.1, 0.15) is 0 Å². The Morgan fingerprint density at radius 2 is 2.21 bits per heavy atom. The molecular weight excluding hydrogens is 178 g/mol. The van der Waals surface area contributed by atoms with Gasteiger partial charge in [-0.3, -0.25) is 4.79 Å². The van der Waals surface area contributed by atoms with E-state index >= 15 is 0 Å². The molecule has 0 aromatic carbocycles. The highest BCUT2D eigenvalue weighted by molar-refractivity contribution is 5.98. The van der Waals surface area contributed by atoms with Crippen molar-refractivity contribution >= 4 is 5.78 Å². The predicted molar refractivity (Wildman–Crippen MR) is 54.8 cm³/mol. The topological polar surface area (TPSA) is 65.8 Å². The smallest absolute Gasteiger partial charge is 0.159 e. The van der Waals surface area contributed by atoms with Gasteiger partial charge in [0.15, 0.2) is 5.78 Å². The number of allylic oxidation sites excluding steroid dienone is 2. The van der Waals surface area contributed by atoms with Crippen molar-refractivity contribution in [2.75, 3.05) is 6.54 Å². The molecule has 0 aromatic rings. The molecular formula is C10H15N3O. The molecule has 0 radical (unpaired) electrons. The second-order valence-electron chi connectivity index (χ2n) is 3.59. The maximum Gasteiger partial charge on any atom is 0.159 e. The molecule has 0 atom stereocenters. The van der Waals surface area contributed by atoms with Crippen molar-refractivity contribution < 1.29 is 4.79 Å². The highest BCUT2D eigenvalue weighted by Gasteiger charge is 2.18. The Morgan fingerprint density at radius 1 is 1.43 bits per heavy atom. The van der Waals surface area contributed by atoms with Crippen molar-refractivity contribution in [3.8, 4) is 0 Å². The summed E-state index contributed by atoms with van der Waals surface area (Å²) in [6.45, 7) is 2.57. The van der Waals surface area contributed by atoms with Gasteiger partial charge >= 0.3 is 0 Å². The predicted octanol–water partition coefficient (Wildman–Crippen LogP) is 3.15. The minimum Gasteiger partial charge on any atom is -0.295 e. The fourth-order valence-electron chi connectivity index (χ4n) is 1.72. The molecule has 0 spiro atoms. The van der Waals surface area contributed by atoms with Crippen molar-refractivity contribution in [1.82, 2.24) is 0 Å². The number of hydrogen-bond acceptors (Lipinski definition) is 2. The summed E-state index contributed by atoms with van der Waals surface area (Å²) < 4.78 is 0. The molecule has 0 bridgehead atoms. The van der Waals surface area contributed by atoms with Crippen LogP contribution in [0.15, 0.2) is 16.3 Å². The first-order chi connectivity index (χ1) is 6.75. The lowest BCUT2D eigenvalue weighted by Gasteiger charge is -2.00. The summed E-state index contributed by atoms with van der Waals surface area (Å²) in [5, 5.41) is 3.45. The maximum absolute atomic E-state index is 11.4. The van der Waals surface area contributed by atoms with Crippen LogP contribution in [0.3, 0.4) is 0 Å². The molecule has 0 N–H and O–H groups in total. The van der Waals surface area contributed by atoms with Crippen LogP contribution in [0, 0.1) is 0 Å². The number of hydrogen-bond donors (Lipinski definition) is 0. The van der Waals surface area contributed by atoms with Gasteiger partial charge in [0.25, 0.3) is 0 Å². The third kappa shape index (κ3) is 2.89. The summed E-state index contributed by atoms with van der Waals surface area (Å²) >= 11 is 0. The largest absolute Gasteiger partial charge is 0.295 e. The Bertz CT molecular complexity index is 300. The minimum absolute atomic E-state index is 0.311. The van der Waals surface area contributed by atoms with Crippen LogP contribution >= 0.6 is 0 Å². The van der Waals surface area contributed by atoms with E-state index in [1.54, 1.807) is 0 Å². The molecule has 1 aliphatic rings. The highest BCUT2D eigenvalue weighted by Crippen LogP contribution is 2.26. The minimum atomic E-state index is 0.311. The molecule has 0 heterocycles. The van der Waals surface area contributed by atoms with E-state index < -0.39 is 0 Å². The van der Waals surface area contributed by atoms with Gasteiger partial charge in [-0.15, -0.1) is 0 Å². The number of nitrogens with zero attached hydrogens (tertiary/aromatic N) is 3. The first-order valence-electron chi connectivity index (χ1n) is 4.98. The van der Waals surface area contributed by atoms with Gasteiger partial charge in [-0.2, -0.15) is 0 Å². The summed E-state index contributed by atoms with van der Waals surface area (Å²) in [7, 11) is 0. The molecule has 0 aliphatic heterocycles. The van der Waals surface area contributed by atoms with Crippen molar-refractivity contribution in [3.05, 3.63) is 21.6 Å². The number of carbonyl (C=O) groups is 1. The number of azide groups is 1. The quantitative estimate of drug-likeness (QED) is 0.286. The normalized spacial score (nSPS) is 15.9. The summed E-state index contributed by atoms with van der Waals surface area (Å²) in [5.41, 5.74) is 10.3. The van der Waals surface area contributed by atoms with Crippen molar-refractivity contribution in [1.29, 1.82) is 0 Å². The highest BCUT2D eigenvalue weighted by atomic mass is 16.1. The van der Waals surface area contributed by atoms with Gasteiger partial charge in [-0.25, -0.2) is 0 Å². The Hall–Kier alpha value is -1.28. The Balaban J connectivity index is 2.27.